The van der Waals surface area contributed by atoms with E-state index in [0.29, 0.717) is 16.2 Å². The van der Waals surface area contributed by atoms with Crippen molar-refractivity contribution in [3.8, 4) is 0 Å². The van der Waals surface area contributed by atoms with Gasteiger partial charge in [-0.25, -0.2) is 0 Å². The van der Waals surface area contributed by atoms with Crippen LogP contribution >= 0.6 is 0 Å². The third-order valence-electron chi connectivity index (χ3n) is 8.13. The number of hydrogen-bond donors (Lipinski definition) is 0. The second-order valence-corrected chi connectivity index (χ2v) is 16.4. The van der Waals surface area contributed by atoms with E-state index in [1.165, 1.54) is 96.9 Å². The molecular formula is C33H69N3. The zero-order chi connectivity index (χ0) is 27.6. The summed E-state index contributed by atoms with van der Waals surface area (Å²) < 4.78 is 0. The Hall–Kier alpha value is -0.120. The minimum absolute atomic E-state index is 0.496. The van der Waals surface area contributed by atoms with E-state index in [1.807, 2.05) is 0 Å². The average Bonchev–Trinajstić information content (AvgIpc) is 2.69. The molecule has 3 fully saturated rings. The summed E-state index contributed by atoms with van der Waals surface area (Å²) in [5.74, 6) is 1.94. The molecule has 3 heteroatoms. The highest BCUT2D eigenvalue weighted by Crippen LogP contribution is 2.31. The lowest BCUT2D eigenvalue weighted by Gasteiger charge is -2.36. The lowest BCUT2D eigenvalue weighted by Crippen LogP contribution is -2.38. The molecule has 3 heterocycles. The first-order valence-corrected chi connectivity index (χ1v) is 15.5. The van der Waals surface area contributed by atoms with Crippen LogP contribution < -0.4 is 0 Å². The van der Waals surface area contributed by atoms with E-state index in [1.54, 1.807) is 0 Å². The topological polar surface area (TPSA) is 9.72 Å². The molecule has 0 bridgehead atoms. The summed E-state index contributed by atoms with van der Waals surface area (Å²) >= 11 is 0. The van der Waals surface area contributed by atoms with E-state index in [0.717, 1.165) is 17.9 Å². The fourth-order valence-corrected chi connectivity index (χ4v) is 6.55. The summed E-state index contributed by atoms with van der Waals surface area (Å²) in [4.78, 5) is 7.45. The SMILES string of the molecule is CN1CCC(CC(C)(C)C)CC1.CN1CCCC(CC(C)(C)C)C1.CN1CCCCC1CC(C)(C)C. The highest BCUT2D eigenvalue weighted by Gasteiger charge is 2.25. The maximum atomic E-state index is 2.54. The van der Waals surface area contributed by atoms with E-state index in [2.05, 4.69) is 98.2 Å². The van der Waals surface area contributed by atoms with Crippen molar-refractivity contribution in [1.82, 2.24) is 14.7 Å². The molecule has 2 unspecified atom stereocenters. The van der Waals surface area contributed by atoms with Gasteiger partial charge in [0, 0.05) is 12.6 Å². The van der Waals surface area contributed by atoms with Crippen LogP contribution in [0.15, 0.2) is 0 Å². The molecule has 3 nitrogen and oxygen atoms in total. The Morgan fingerprint density at radius 1 is 0.500 bits per heavy atom. The molecule has 0 saturated carbocycles. The van der Waals surface area contributed by atoms with Crippen molar-refractivity contribution in [2.24, 2.45) is 28.1 Å². The molecule has 0 N–H and O–H groups in total. The van der Waals surface area contributed by atoms with Gasteiger partial charge in [0.05, 0.1) is 0 Å². The molecule has 0 radical (unpaired) electrons. The predicted octanol–water partition coefficient (Wildman–Crippen LogP) is 8.44. The summed E-state index contributed by atoms with van der Waals surface area (Å²) in [7, 11) is 6.75. The first-order valence-electron chi connectivity index (χ1n) is 15.5. The minimum atomic E-state index is 0.496. The summed E-state index contributed by atoms with van der Waals surface area (Å²) in [6.07, 6.45) is 14.1. The fraction of sp³-hybridized carbons (Fsp3) is 1.00. The summed E-state index contributed by atoms with van der Waals surface area (Å²) in [5.41, 5.74) is 1.54. The van der Waals surface area contributed by atoms with Crippen molar-refractivity contribution in [3.05, 3.63) is 0 Å². The highest BCUT2D eigenvalue weighted by atomic mass is 15.1. The van der Waals surface area contributed by atoms with Crippen LogP contribution in [0.2, 0.25) is 0 Å². The Kier molecular flexibility index (Phi) is 14.6. The molecule has 3 aliphatic rings. The Morgan fingerprint density at radius 3 is 1.50 bits per heavy atom. The third-order valence-corrected chi connectivity index (χ3v) is 8.13. The number of likely N-dealkylation sites (tertiary alicyclic amines) is 3. The van der Waals surface area contributed by atoms with Crippen LogP contribution in [0.5, 0.6) is 0 Å². The van der Waals surface area contributed by atoms with E-state index in [4.69, 9.17) is 0 Å². The van der Waals surface area contributed by atoms with Gasteiger partial charge < -0.3 is 14.7 Å². The van der Waals surface area contributed by atoms with Gasteiger partial charge in [0.1, 0.15) is 0 Å². The zero-order valence-corrected chi connectivity index (χ0v) is 27.2. The number of nitrogens with zero attached hydrogens (tertiary/aromatic N) is 3. The maximum Gasteiger partial charge on any atom is 0.00971 e. The molecule has 3 saturated heterocycles. The zero-order valence-electron chi connectivity index (χ0n) is 27.2. The fourth-order valence-electron chi connectivity index (χ4n) is 6.55. The lowest BCUT2D eigenvalue weighted by atomic mass is 9.80. The lowest BCUT2D eigenvalue weighted by molar-refractivity contribution is 0.138. The molecule has 2 atom stereocenters. The van der Waals surface area contributed by atoms with Gasteiger partial charge in [0.2, 0.25) is 0 Å². The molecule has 216 valence electrons. The Labute approximate surface area is 229 Å². The Bertz CT molecular complexity index is 557. The predicted molar refractivity (Wildman–Crippen MR) is 163 cm³/mol. The first kappa shape index (κ1) is 33.9. The molecule has 0 spiro atoms. The minimum Gasteiger partial charge on any atom is -0.306 e. The molecule has 3 rings (SSSR count). The molecule has 3 aliphatic heterocycles. The summed E-state index contributed by atoms with van der Waals surface area (Å²) in [6, 6.07) is 0.846. The van der Waals surface area contributed by atoms with Crippen LogP contribution in [-0.2, 0) is 0 Å². The van der Waals surface area contributed by atoms with E-state index in [9.17, 15) is 0 Å². The van der Waals surface area contributed by atoms with Crippen molar-refractivity contribution < 1.29 is 0 Å². The van der Waals surface area contributed by atoms with Gasteiger partial charge in [0.15, 0.2) is 0 Å². The van der Waals surface area contributed by atoms with Crippen molar-refractivity contribution >= 4 is 0 Å². The second-order valence-electron chi connectivity index (χ2n) is 16.4. The smallest absolute Gasteiger partial charge is 0.00971 e. The molecule has 0 aromatic heterocycles. The van der Waals surface area contributed by atoms with Crippen molar-refractivity contribution in [2.75, 3.05) is 53.9 Å². The Morgan fingerprint density at radius 2 is 1.03 bits per heavy atom. The van der Waals surface area contributed by atoms with Gasteiger partial charge >= 0.3 is 0 Å². The van der Waals surface area contributed by atoms with Crippen LogP contribution in [-0.4, -0.2) is 74.6 Å². The molecule has 0 aromatic carbocycles. The monoisotopic (exact) mass is 508 g/mol. The van der Waals surface area contributed by atoms with Gasteiger partial charge in [-0.05, 0) is 133 Å². The molecule has 0 amide bonds. The van der Waals surface area contributed by atoms with E-state index >= 15 is 0 Å². The van der Waals surface area contributed by atoms with Gasteiger partial charge in [-0.1, -0.05) is 68.7 Å². The largest absolute Gasteiger partial charge is 0.306 e. The summed E-state index contributed by atoms with van der Waals surface area (Å²) in [6.45, 7) is 27.7. The number of piperidine rings is 3. The van der Waals surface area contributed by atoms with Crippen LogP contribution in [0, 0.1) is 28.1 Å². The number of hydrogen-bond acceptors (Lipinski definition) is 3. The first-order chi connectivity index (χ1) is 16.4. The maximum absolute atomic E-state index is 2.54. The van der Waals surface area contributed by atoms with Crippen molar-refractivity contribution in [2.45, 2.75) is 133 Å². The highest BCUT2D eigenvalue weighted by molar-refractivity contribution is 4.79. The molecule has 0 aliphatic carbocycles. The molecular weight excluding hydrogens is 438 g/mol. The van der Waals surface area contributed by atoms with Gasteiger partial charge in [-0.3, -0.25) is 0 Å². The van der Waals surface area contributed by atoms with Crippen LogP contribution in [0.25, 0.3) is 0 Å². The average molecular weight is 508 g/mol. The normalized spacial score (nSPS) is 26.0. The van der Waals surface area contributed by atoms with Gasteiger partial charge in [-0.15, -0.1) is 0 Å². The standard InChI is InChI=1S/3C11H23N/c1-11(2,3)9-10-5-7-12(4)8-6-10;1-11(2,3)8-10-6-5-7-12(4)9-10;1-11(2,3)9-10-7-5-6-8-12(10)4/h3*10H,5-9H2,1-4H3. The van der Waals surface area contributed by atoms with Gasteiger partial charge in [0.25, 0.3) is 0 Å². The third kappa shape index (κ3) is 17.4. The van der Waals surface area contributed by atoms with Crippen molar-refractivity contribution in [1.29, 1.82) is 0 Å². The second kappa shape index (κ2) is 15.5. The van der Waals surface area contributed by atoms with Crippen LogP contribution in [0.1, 0.15) is 127 Å². The molecule has 36 heavy (non-hydrogen) atoms. The molecule has 0 aromatic rings. The number of rotatable bonds is 3. The Balaban J connectivity index is 0.000000270. The van der Waals surface area contributed by atoms with Crippen LogP contribution in [0.3, 0.4) is 0 Å². The van der Waals surface area contributed by atoms with E-state index in [-0.39, 0.29) is 0 Å². The van der Waals surface area contributed by atoms with E-state index < -0.39 is 0 Å². The van der Waals surface area contributed by atoms with Crippen LogP contribution in [0.4, 0.5) is 0 Å². The quantitative estimate of drug-likeness (QED) is 0.379. The summed E-state index contributed by atoms with van der Waals surface area (Å²) in [5, 5.41) is 0. The van der Waals surface area contributed by atoms with Gasteiger partial charge in [-0.2, -0.15) is 0 Å². The van der Waals surface area contributed by atoms with Crippen molar-refractivity contribution in [3.63, 3.8) is 0 Å².